The third-order valence-electron chi connectivity index (χ3n) is 15.5. The number of carbonyl (C=O) groups is 3. The number of carbonyl (C=O) groups excluding carboxylic acids is 3. The van der Waals surface area contributed by atoms with Gasteiger partial charge in [-0.05, 0) is 113 Å². The molecule has 24 heteroatoms. The number of hydrogen-bond acceptors (Lipinski definition) is 14. The molecule has 2 aromatic heterocycles. The van der Waals surface area contributed by atoms with Gasteiger partial charge in [0.25, 0.3) is 26.1 Å². The van der Waals surface area contributed by atoms with Crippen LogP contribution >= 0.6 is 11.3 Å². The first-order valence-electron chi connectivity index (χ1n) is 26.9. The second-order valence-corrected chi connectivity index (χ2v) is 25.5. The number of nitrogens with zero attached hydrogens (tertiary/aromatic N) is 9. The zero-order valence-electron chi connectivity index (χ0n) is 45.7. The lowest BCUT2D eigenvalue weighted by atomic mass is 9.81. The van der Waals surface area contributed by atoms with E-state index in [1.165, 1.54) is 58.5 Å². The number of anilines is 2. The summed E-state index contributed by atoms with van der Waals surface area (Å²) >= 11 is 1.28. The van der Waals surface area contributed by atoms with Gasteiger partial charge in [0.15, 0.2) is 17.0 Å². The lowest BCUT2D eigenvalue weighted by Gasteiger charge is -2.26. The Morgan fingerprint density at radius 1 is 0.926 bits per heavy atom. The molecule has 1 atom stereocenters. The van der Waals surface area contributed by atoms with Crippen molar-refractivity contribution in [1.29, 1.82) is 5.26 Å². The zero-order chi connectivity index (χ0) is 58.0. The summed E-state index contributed by atoms with van der Waals surface area (Å²) in [5.41, 5.74) is 5.65. The number of aromatic nitrogens is 4. The fraction of sp³-hybridized carbons (Fsp3) is 0.404. The Labute approximate surface area is 474 Å². The number of allylic oxidation sites excluding steroid dienone is 6. The summed E-state index contributed by atoms with van der Waals surface area (Å²) in [6, 6.07) is 13.5. The van der Waals surface area contributed by atoms with E-state index < -0.39 is 42.8 Å². The Balaban J connectivity index is 0.754. The molecule has 1 fully saturated rings. The molecule has 5 aromatic rings. The third kappa shape index (κ3) is 12.6. The minimum absolute atomic E-state index is 0.0832. The van der Waals surface area contributed by atoms with Crippen molar-refractivity contribution in [3.63, 3.8) is 0 Å². The van der Waals surface area contributed by atoms with E-state index in [1.807, 2.05) is 65.0 Å². The van der Waals surface area contributed by atoms with E-state index in [0.717, 1.165) is 57.3 Å². The molecule has 4 N–H and O–H groups in total. The Morgan fingerprint density at radius 2 is 1.68 bits per heavy atom. The molecule has 3 amide bonds. The highest BCUT2D eigenvalue weighted by molar-refractivity contribution is 7.86. The average molecular weight is 1160 g/mol. The number of likely N-dealkylation sites (tertiary alicyclic amines) is 1. The van der Waals surface area contributed by atoms with Crippen LogP contribution in [0.3, 0.4) is 0 Å². The first-order valence-corrected chi connectivity index (χ1v) is 30.6. The van der Waals surface area contributed by atoms with Crippen molar-refractivity contribution in [1.82, 2.24) is 35.1 Å². The van der Waals surface area contributed by atoms with Crippen LogP contribution < -0.4 is 15.5 Å². The summed E-state index contributed by atoms with van der Waals surface area (Å²) in [4.78, 5) is 49.7. The van der Waals surface area contributed by atoms with Gasteiger partial charge in [0.1, 0.15) is 12.4 Å². The molecule has 0 saturated carbocycles. The molecule has 9 rings (SSSR count). The Bertz CT molecular complexity index is 3710. The zero-order valence-corrected chi connectivity index (χ0v) is 48.2. The number of rotatable bonds is 20. The van der Waals surface area contributed by atoms with Crippen molar-refractivity contribution in [3.8, 4) is 11.9 Å². The molecule has 0 radical (unpaired) electrons. The van der Waals surface area contributed by atoms with Gasteiger partial charge in [-0.1, -0.05) is 48.6 Å². The van der Waals surface area contributed by atoms with Crippen molar-refractivity contribution in [3.05, 3.63) is 136 Å². The van der Waals surface area contributed by atoms with Gasteiger partial charge >= 0.3 is 0 Å². The second kappa shape index (κ2) is 23.6. The maximum Gasteiger partial charge on any atom is 0.294 e. The molecule has 0 bridgehead atoms. The van der Waals surface area contributed by atoms with Gasteiger partial charge in [-0.2, -0.15) is 26.7 Å². The fourth-order valence-electron chi connectivity index (χ4n) is 11.1. The van der Waals surface area contributed by atoms with E-state index in [-0.39, 0.29) is 39.6 Å². The van der Waals surface area contributed by atoms with Crippen LogP contribution in [-0.2, 0) is 60.0 Å². The number of thiazole rings is 1. The first kappa shape index (κ1) is 58.2. The molecule has 0 spiro atoms. The van der Waals surface area contributed by atoms with E-state index in [2.05, 4.69) is 41.6 Å². The van der Waals surface area contributed by atoms with Crippen LogP contribution in [-0.4, -0.2) is 123 Å². The first-order chi connectivity index (χ1) is 38.5. The molecule has 4 aliphatic rings. The summed E-state index contributed by atoms with van der Waals surface area (Å²) in [6.45, 7) is 13.1. The van der Waals surface area contributed by atoms with Gasteiger partial charge in [-0.3, -0.25) is 23.5 Å². The largest absolute Gasteiger partial charge is 0.356 e. The van der Waals surface area contributed by atoms with Crippen molar-refractivity contribution in [2.24, 2.45) is 5.92 Å². The molecule has 6 heterocycles. The van der Waals surface area contributed by atoms with Gasteiger partial charge in [0.05, 0.1) is 56.5 Å². The van der Waals surface area contributed by atoms with Gasteiger partial charge < -0.3 is 25.3 Å². The molecule has 4 aliphatic heterocycles. The number of fused-ring (bicyclic) bond motifs is 3. The standard InChI is InChI=1S/C57H64FN11O9S3/c1-6-67-47-22-19-40(80(73,74)75)31-43(47)56(2,3)50(67)15-9-7-10-16-51-57(4,5)44-32-41(81(76,77)78)20-23-48(44)68(51)27-12-8-11-17-52(70)60-26-13-14-38-34-69(64-63-38)39-18-21-45(58)42(30-39)54(72)66-29-25-46-49(35-66)79-55(61-46)62-53(71)37-24-28-65(33-37)36-59/h7,9-10,15-16,18-23,30-32,34,37H,6,8,11-14,17,24-29,33,35H2,1-5H3,(H3-,60,61,62,70,71,73,74,75,76,77,78)/p+1/t37-/m1/s1. The van der Waals surface area contributed by atoms with E-state index in [4.69, 9.17) is 5.26 Å². The van der Waals surface area contributed by atoms with Gasteiger partial charge in [0, 0.05) is 91.4 Å². The van der Waals surface area contributed by atoms with Crippen molar-refractivity contribution < 1.29 is 49.3 Å². The summed E-state index contributed by atoms with van der Waals surface area (Å²) < 4.78 is 86.9. The number of unbranched alkanes of at least 4 members (excludes halogenated alkanes) is 2. The predicted molar refractivity (Wildman–Crippen MR) is 303 cm³/mol. The second-order valence-electron chi connectivity index (χ2n) is 21.6. The molecule has 426 valence electrons. The number of nitrogens with one attached hydrogen (secondary N) is 2. The van der Waals surface area contributed by atoms with Crippen LogP contribution in [0.15, 0.2) is 107 Å². The topological polar surface area (TPSA) is 264 Å². The lowest BCUT2D eigenvalue weighted by molar-refractivity contribution is -0.438. The number of halogens is 1. The van der Waals surface area contributed by atoms with Gasteiger partial charge in [-0.25, -0.2) is 14.1 Å². The van der Waals surface area contributed by atoms with Crippen LogP contribution in [0.25, 0.3) is 5.69 Å². The van der Waals surface area contributed by atoms with E-state index in [1.54, 1.807) is 28.1 Å². The van der Waals surface area contributed by atoms with Crippen LogP contribution in [0.5, 0.6) is 0 Å². The Kier molecular flexibility index (Phi) is 16.9. The third-order valence-corrected chi connectivity index (χ3v) is 18.2. The number of amides is 3. The summed E-state index contributed by atoms with van der Waals surface area (Å²) in [5, 5.41) is 23.9. The molecule has 1 saturated heterocycles. The molecule has 20 nitrogen and oxygen atoms in total. The molecule has 81 heavy (non-hydrogen) atoms. The van der Waals surface area contributed by atoms with Crippen LogP contribution in [0.2, 0.25) is 0 Å². The maximum atomic E-state index is 15.2. The maximum absolute atomic E-state index is 15.2. The van der Waals surface area contributed by atoms with Crippen molar-refractivity contribution >= 4 is 71.5 Å². The van der Waals surface area contributed by atoms with Gasteiger partial charge in [-0.15, -0.1) is 5.10 Å². The Hall–Kier alpha value is -7.43. The average Bonchev–Trinajstić information content (AvgIpc) is 4.34. The van der Waals surface area contributed by atoms with Crippen molar-refractivity contribution in [2.75, 3.05) is 49.5 Å². The summed E-state index contributed by atoms with van der Waals surface area (Å²) in [6.07, 6.45) is 18.0. The smallest absolute Gasteiger partial charge is 0.294 e. The van der Waals surface area contributed by atoms with Crippen LogP contribution in [0.4, 0.5) is 20.9 Å². The number of likely N-dealkylation sites (N-methyl/N-ethyl adjacent to an activating group) is 1. The van der Waals surface area contributed by atoms with E-state index in [0.29, 0.717) is 94.3 Å². The molecular formula is C57H65FN11O9S3+. The number of benzene rings is 3. The van der Waals surface area contributed by atoms with Gasteiger partial charge in [0.2, 0.25) is 17.5 Å². The predicted octanol–water partition coefficient (Wildman–Crippen LogP) is 7.80. The number of nitriles is 1. The molecule has 0 unspecified atom stereocenters. The minimum Gasteiger partial charge on any atom is -0.356 e. The minimum atomic E-state index is -4.46. The SMILES string of the molecule is CCN1/C(=C/C=C/C=C/C2=[N+](CCCCCC(=O)NCCCc3cn(-c4ccc(F)c(C(=O)N5CCc6nc(NC(=O)[C@@H]7CCN(C#N)C7)sc6C5)c4)nn3)c3ccc(S(=O)(=O)O)cc3C2(C)C)C(C)(C)c2cc(S(=O)(=O)O)ccc21. The molecule has 0 aliphatic carbocycles. The highest BCUT2D eigenvalue weighted by Gasteiger charge is 2.45. The lowest BCUT2D eigenvalue weighted by Crippen LogP contribution is -2.36. The summed E-state index contributed by atoms with van der Waals surface area (Å²) in [5.74, 6) is -1.74. The van der Waals surface area contributed by atoms with E-state index in [9.17, 15) is 40.3 Å². The molecule has 3 aromatic carbocycles. The normalized spacial score (nSPS) is 18.0. The highest BCUT2D eigenvalue weighted by Crippen LogP contribution is 2.48. The monoisotopic (exact) mass is 1160 g/mol. The number of hydrogen-bond donors (Lipinski definition) is 4. The number of aryl methyl sites for hydroxylation is 1. The molecular weight excluding hydrogens is 1100 g/mol. The van der Waals surface area contributed by atoms with Crippen LogP contribution in [0.1, 0.15) is 111 Å². The summed E-state index contributed by atoms with van der Waals surface area (Å²) in [7, 11) is -8.84. The van der Waals surface area contributed by atoms with E-state index >= 15 is 4.39 Å². The van der Waals surface area contributed by atoms with Crippen LogP contribution in [0, 0.1) is 23.2 Å². The quantitative estimate of drug-likeness (QED) is 0.0190. The fourth-order valence-corrected chi connectivity index (χ4v) is 13.2. The van der Waals surface area contributed by atoms with Crippen molar-refractivity contribution in [2.45, 2.75) is 113 Å². The highest BCUT2D eigenvalue weighted by atomic mass is 32.2. The Morgan fingerprint density at radius 3 is 2.41 bits per heavy atom.